The molecule has 0 bridgehead atoms. The van der Waals surface area contributed by atoms with E-state index in [0.717, 1.165) is 5.56 Å². The van der Waals surface area contributed by atoms with Crippen molar-refractivity contribution in [2.75, 3.05) is 0 Å². The second-order valence-corrected chi connectivity index (χ2v) is 7.66. The van der Waals surface area contributed by atoms with Crippen LogP contribution in [0.2, 0.25) is 0 Å². The molecule has 0 amide bonds. The summed E-state index contributed by atoms with van der Waals surface area (Å²) in [5.74, 6) is -0.356. The number of aromatic amines is 1. The smallest absolute Gasteiger partial charge is 0.199 e. The summed E-state index contributed by atoms with van der Waals surface area (Å²) in [5, 5.41) is 11.3. The molecule has 0 unspecified atom stereocenters. The first-order valence-electron chi connectivity index (χ1n) is 8.52. The van der Waals surface area contributed by atoms with E-state index in [2.05, 4.69) is 25.8 Å². The Morgan fingerprint density at radius 1 is 0.923 bits per heavy atom. The van der Waals surface area contributed by atoms with Crippen LogP contribution in [-0.4, -0.2) is 15.9 Å². The molecular formula is C22H19NO3. The highest BCUT2D eigenvalue weighted by atomic mass is 16.3. The number of hydrogen-bond acceptors (Lipinski definition) is 3. The number of benzene rings is 2. The van der Waals surface area contributed by atoms with Crippen molar-refractivity contribution in [3.8, 4) is 0 Å². The Kier molecular flexibility index (Phi) is 3.41. The fourth-order valence-corrected chi connectivity index (χ4v) is 3.36. The van der Waals surface area contributed by atoms with Crippen LogP contribution in [0.4, 0.5) is 0 Å². The molecule has 0 fully saturated rings. The lowest BCUT2D eigenvalue weighted by atomic mass is 9.85. The average Bonchev–Trinajstić information content (AvgIpc) is 2.85. The molecule has 0 saturated carbocycles. The van der Waals surface area contributed by atoms with Gasteiger partial charge in [0.15, 0.2) is 11.2 Å². The van der Waals surface area contributed by atoms with Gasteiger partial charge in [0.1, 0.15) is 5.76 Å². The molecule has 0 atom stereocenters. The van der Waals surface area contributed by atoms with Gasteiger partial charge < -0.3 is 10.1 Å². The Morgan fingerprint density at radius 3 is 2.38 bits per heavy atom. The van der Waals surface area contributed by atoms with Gasteiger partial charge in [-0.25, -0.2) is 0 Å². The number of aliphatic hydroxyl groups is 1. The highest BCUT2D eigenvalue weighted by Crippen LogP contribution is 2.38. The molecule has 1 aliphatic rings. The second-order valence-electron chi connectivity index (χ2n) is 7.66. The van der Waals surface area contributed by atoms with E-state index in [0.29, 0.717) is 27.7 Å². The normalized spacial score (nSPS) is 14.2. The predicted octanol–water partition coefficient (Wildman–Crippen LogP) is 4.45. The zero-order valence-electron chi connectivity index (χ0n) is 14.9. The molecule has 4 heteroatoms. The highest BCUT2D eigenvalue weighted by molar-refractivity contribution is 6.38. The standard InChI is InChI=1S/C22H19NO3/c1-22(2,3)12-8-9-13-15(10-12)21(26)19(20(13)25)17-11-18(24)14-6-4-5-7-16(14)23-17/h4-11,26H,1-3H3,(H,23,24). The number of para-hydroxylation sites is 1. The SMILES string of the molecule is CC(C)(C)c1ccc2c(c1)C(O)=C(c1cc(=O)c3ccccc3[nH]1)C2=O. The van der Waals surface area contributed by atoms with E-state index >= 15 is 0 Å². The van der Waals surface area contributed by atoms with Crippen LogP contribution in [0, 0.1) is 0 Å². The molecule has 3 aromatic rings. The van der Waals surface area contributed by atoms with Gasteiger partial charge in [-0.15, -0.1) is 0 Å². The number of aliphatic hydroxyl groups excluding tert-OH is 1. The number of carbonyl (C=O) groups excluding carboxylic acids is 1. The van der Waals surface area contributed by atoms with Gasteiger partial charge >= 0.3 is 0 Å². The molecule has 0 spiro atoms. The first-order chi connectivity index (χ1) is 12.3. The predicted molar refractivity (Wildman–Crippen MR) is 103 cm³/mol. The minimum absolute atomic E-state index is 0.0815. The monoisotopic (exact) mass is 345 g/mol. The van der Waals surface area contributed by atoms with Crippen molar-refractivity contribution in [1.29, 1.82) is 0 Å². The van der Waals surface area contributed by atoms with Gasteiger partial charge in [0.2, 0.25) is 0 Å². The lowest BCUT2D eigenvalue weighted by molar-refractivity contribution is 0.105. The largest absolute Gasteiger partial charge is 0.506 e. The van der Waals surface area contributed by atoms with Crippen molar-refractivity contribution < 1.29 is 9.90 Å². The Hall–Kier alpha value is -3.14. The van der Waals surface area contributed by atoms with Crippen LogP contribution in [0.5, 0.6) is 0 Å². The summed E-state index contributed by atoms with van der Waals surface area (Å²) in [6.07, 6.45) is 0. The summed E-state index contributed by atoms with van der Waals surface area (Å²) in [6.45, 7) is 6.23. The van der Waals surface area contributed by atoms with Crippen molar-refractivity contribution >= 4 is 28.0 Å². The fraction of sp³-hybridized carbons (Fsp3) is 0.182. The van der Waals surface area contributed by atoms with E-state index in [1.165, 1.54) is 6.07 Å². The molecule has 130 valence electrons. The maximum atomic E-state index is 12.9. The molecule has 2 N–H and O–H groups in total. The third-order valence-electron chi connectivity index (χ3n) is 4.86. The number of H-pyrrole nitrogens is 1. The van der Waals surface area contributed by atoms with Crippen molar-refractivity contribution in [3.05, 3.63) is 81.1 Å². The lowest BCUT2D eigenvalue weighted by Gasteiger charge is -2.19. The van der Waals surface area contributed by atoms with Crippen LogP contribution >= 0.6 is 0 Å². The van der Waals surface area contributed by atoms with Crippen LogP contribution in [0.1, 0.15) is 48.0 Å². The summed E-state index contributed by atoms with van der Waals surface area (Å²) in [7, 11) is 0. The highest BCUT2D eigenvalue weighted by Gasteiger charge is 2.32. The topological polar surface area (TPSA) is 70.2 Å². The van der Waals surface area contributed by atoms with Gasteiger partial charge in [-0.05, 0) is 35.2 Å². The number of ketones is 1. The van der Waals surface area contributed by atoms with Crippen LogP contribution in [-0.2, 0) is 5.41 Å². The van der Waals surface area contributed by atoms with Gasteiger partial charge in [-0.3, -0.25) is 9.59 Å². The van der Waals surface area contributed by atoms with E-state index in [1.54, 1.807) is 24.3 Å². The average molecular weight is 345 g/mol. The molecule has 1 aromatic heterocycles. The maximum absolute atomic E-state index is 12.9. The molecule has 1 heterocycles. The summed E-state index contributed by atoms with van der Waals surface area (Å²) in [4.78, 5) is 28.4. The quantitative estimate of drug-likeness (QED) is 0.684. The van der Waals surface area contributed by atoms with Gasteiger partial charge in [0.25, 0.3) is 0 Å². The number of allylic oxidation sites excluding steroid dienone is 1. The molecule has 26 heavy (non-hydrogen) atoms. The number of Topliss-reactive ketones (excluding diaryl/α,β-unsaturated/α-hetero) is 1. The molecule has 4 nitrogen and oxygen atoms in total. The zero-order valence-corrected chi connectivity index (χ0v) is 14.9. The third kappa shape index (κ3) is 2.37. The van der Waals surface area contributed by atoms with Crippen molar-refractivity contribution in [1.82, 2.24) is 4.98 Å². The molecule has 2 aromatic carbocycles. The van der Waals surface area contributed by atoms with Crippen LogP contribution in [0.25, 0.3) is 22.2 Å². The van der Waals surface area contributed by atoms with Gasteiger partial charge in [-0.1, -0.05) is 39.0 Å². The summed E-state index contributed by atoms with van der Waals surface area (Å²) >= 11 is 0. The molecule has 4 rings (SSSR count). The van der Waals surface area contributed by atoms with E-state index in [1.807, 2.05) is 18.2 Å². The minimum Gasteiger partial charge on any atom is -0.506 e. The number of carbonyl (C=O) groups is 1. The summed E-state index contributed by atoms with van der Waals surface area (Å²) in [6, 6.07) is 14.0. The fourth-order valence-electron chi connectivity index (χ4n) is 3.36. The van der Waals surface area contributed by atoms with Gasteiger partial charge in [-0.2, -0.15) is 0 Å². The number of pyridine rings is 1. The van der Waals surface area contributed by atoms with E-state index < -0.39 is 0 Å². The van der Waals surface area contributed by atoms with E-state index in [9.17, 15) is 14.7 Å². The Balaban J connectivity index is 1.93. The molecule has 1 aliphatic carbocycles. The lowest BCUT2D eigenvalue weighted by Crippen LogP contribution is -2.11. The first-order valence-corrected chi connectivity index (χ1v) is 8.52. The molecule has 0 saturated heterocycles. The number of rotatable bonds is 1. The van der Waals surface area contributed by atoms with E-state index in [-0.39, 0.29) is 28.0 Å². The van der Waals surface area contributed by atoms with Crippen LogP contribution < -0.4 is 5.43 Å². The second kappa shape index (κ2) is 5.43. The third-order valence-corrected chi connectivity index (χ3v) is 4.86. The summed E-state index contributed by atoms with van der Waals surface area (Å²) < 4.78 is 0. The van der Waals surface area contributed by atoms with E-state index in [4.69, 9.17) is 0 Å². The first kappa shape index (κ1) is 16.3. The Labute approximate surface area is 150 Å². The van der Waals surface area contributed by atoms with Gasteiger partial charge in [0.05, 0.1) is 11.3 Å². The van der Waals surface area contributed by atoms with Crippen LogP contribution in [0.15, 0.2) is 53.3 Å². The van der Waals surface area contributed by atoms with Gasteiger partial charge in [0, 0.05) is 28.1 Å². The van der Waals surface area contributed by atoms with Crippen molar-refractivity contribution in [2.24, 2.45) is 0 Å². The van der Waals surface area contributed by atoms with Crippen molar-refractivity contribution in [2.45, 2.75) is 26.2 Å². The molecular weight excluding hydrogens is 326 g/mol. The molecule has 0 aliphatic heterocycles. The summed E-state index contributed by atoms with van der Waals surface area (Å²) in [5.41, 5.74) is 2.84. The zero-order chi connectivity index (χ0) is 18.6. The molecule has 0 radical (unpaired) electrons. The number of fused-ring (bicyclic) bond motifs is 2. The Morgan fingerprint density at radius 2 is 1.65 bits per heavy atom. The maximum Gasteiger partial charge on any atom is 0.199 e. The minimum atomic E-state index is -0.274. The number of hydrogen-bond donors (Lipinski definition) is 2. The van der Waals surface area contributed by atoms with Crippen molar-refractivity contribution in [3.63, 3.8) is 0 Å². The number of aromatic nitrogens is 1. The Bertz CT molecular complexity index is 1160. The van der Waals surface area contributed by atoms with Crippen LogP contribution in [0.3, 0.4) is 0 Å². The number of nitrogens with one attached hydrogen (secondary N) is 1.